The van der Waals surface area contributed by atoms with Crippen molar-refractivity contribution in [1.29, 1.82) is 0 Å². The lowest BCUT2D eigenvalue weighted by Crippen LogP contribution is -2.29. The van der Waals surface area contributed by atoms with Gasteiger partial charge in [0.2, 0.25) is 10.0 Å². The summed E-state index contributed by atoms with van der Waals surface area (Å²) in [5.74, 6) is -0.0976. The first-order valence-electron chi connectivity index (χ1n) is 10.6. The predicted molar refractivity (Wildman–Crippen MR) is 133 cm³/mol. The number of carbonyl (C=O) groups excluding carboxylic acids is 1. The van der Waals surface area contributed by atoms with Crippen LogP contribution in [0.3, 0.4) is 0 Å². The van der Waals surface area contributed by atoms with E-state index in [4.69, 9.17) is 4.74 Å². The maximum Gasteiger partial charge on any atom is 0.271 e. The Balaban J connectivity index is 1.71. The van der Waals surface area contributed by atoms with Crippen molar-refractivity contribution in [1.82, 2.24) is 5.43 Å². The van der Waals surface area contributed by atoms with E-state index in [0.29, 0.717) is 29.2 Å². The summed E-state index contributed by atoms with van der Waals surface area (Å²) in [7, 11) is -3.54. The van der Waals surface area contributed by atoms with Gasteiger partial charge in [-0.25, -0.2) is 13.8 Å². The van der Waals surface area contributed by atoms with E-state index in [0.717, 1.165) is 17.4 Å². The molecule has 178 valence electrons. The average Bonchev–Trinajstić information content (AvgIpc) is 2.80. The SMILES string of the molecule is CCOc1cc(/C=N\NC(=O)c2ccc(N(Cc3ccccc3C)S(C)(=O)=O)cc2)ccc1O. The molecule has 3 rings (SSSR count). The Hall–Kier alpha value is -3.85. The molecule has 0 aliphatic rings. The Morgan fingerprint density at radius 1 is 1.12 bits per heavy atom. The van der Waals surface area contributed by atoms with Crippen LogP contribution in [0, 0.1) is 6.92 Å². The minimum atomic E-state index is -3.54. The van der Waals surface area contributed by atoms with Gasteiger partial charge in [0.25, 0.3) is 5.91 Å². The fraction of sp³-hybridized carbons (Fsp3) is 0.200. The van der Waals surface area contributed by atoms with Crippen molar-refractivity contribution >= 4 is 27.8 Å². The molecule has 1 amide bonds. The summed E-state index contributed by atoms with van der Waals surface area (Å²) >= 11 is 0. The number of phenols is 1. The average molecular weight is 482 g/mol. The minimum absolute atomic E-state index is 0.0219. The topological polar surface area (TPSA) is 108 Å². The first-order valence-corrected chi connectivity index (χ1v) is 12.5. The number of amides is 1. The van der Waals surface area contributed by atoms with Gasteiger partial charge in [0.15, 0.2) is 11.5 Å². The maximum atomic E-state index is 12.5. The molecule has 0 radical (unpaired) electrons. The highest BCUT2D eigenvalue weighted by Crippen LogP contribution is 2.26. The van der Waals surface area contributed by atoms with E-state index < -0.39 is 15.9 Å². The predicted octanol–water partition coefficient (Wildman–Crippen LogP) is 3.83. The molecular weight excluding hydrogens is 454 g/mol. The third-order valence-electron chi connectivity index (χ3n) is 5.06. The Labute approximate surface area is 199 Å². The normalized spacial score (nSPS) is 11.4. The number of carbonyl (C=O) groups is 1. The van der Waals surface area contributed by atoms with Crippen molar-refractivity contribution in [3.63, 3.8) is 0 Å². The van der Waals surface area contributed by atoms with Gasteiger partial charge in [-0.15, -0.1) is 0 Å². The Bertz CT molecular complexity index is 1290. The van der Waals surface area contributed by atoms with E-state index in [1.807, 2.05) is 38.1 Å². The van der Waals surface area contributed by atoms with Crippen LogP contribution in [0.2, 0.25) is 0 Å². The van der Waals surface area contributed by atoms with E-state index in [-0.39, 0.29) is 12.3 Å². The summed E-state index contributed by atoms with van der Waals surface area (Å²) in [5, 5.41) is 13.7. The first kappa shape index (κ1) is 24.8. The quantitative estimate of drug-likeness (QED) is 0.357. The summed E-state index contributed by atoms with van der Waals surface area (Å²) < 4.78 is 31.5. The van der Waals surface area contributed by atoms with Crippen LogP contribution in [0.4, 0.5) is 5.69 Å². The largest absolute Gasteiger partial charge is 0.504 e. The van der Waals surface area contributed by atoms with Gasteiger partial charge in [0.1, 0.15) is 0 Å². The number of rotatable bonds is 9. The highest BCUT2D eigenvalue weighted by Gasteiger charge is 2.19. The van der Waals surface area contributed by atoms with E-state index in [2.05, 4.69) is 10.5 Å². The van der Waals surface area contributed by atoms with Crippen LogP contribution in [0.5, 0.6) is 11.5 Å². The van der Waals surface area contributed by atoms with Crippen LogP contribution in [-0.4, -0.2) is 38.5 Å². The molecule has 0 saturated carbocycles. The monoisotopic (exact) mass is 481 g/mol. The number of aryl methyl sites for hydroxylation is 1. The van der Waals surface area contributed by atoms with Crippen molar-refractivity contribution in [3.8, 4) is 11.5 Å². The second-order valence-electron chi connectivity index (χ2n) is 7.60. The second-order valence-corrected chi connectivity index (χ2v) is 9.51. The van der Waals surface area contributed by atoms with Gasteiger partial charge in [-0.1, -0.05) is 24.3 Å². The second kappa shape index (κ2) is 10.8. The fourth-order valence-electron chi connectivity index (χ4n) is 3.23. The molecular formula is C25H27N3O5S. The summed E-state index contributed by atoms with van der Waals surface area (Å²) in [6.45, 7) is 4.34. The van der Waals surface area contributed by atoms with Gasteiger partial charge in [-0.05, 0) is 73.0 Å². The van der Waals surface area contributed by atoms with Crippen LogP contribution in [0.25, 0.3) is 0 Å². The van der Waals surface area contributed by atoms with Gasteiger partial charge in [-0.3, -0.25) is 9.10 Å². The summed E-state index contributed by atoms with van der Waals surface area (Å²) in [4.78, 5) is 12.5. The van der Waals surface area contributed by atoms with E-state index >= 15 is 0 Å². The zero-order valence-corrected chi connectivity index (χ0v) is 20.0. The number of nitrogens with zero attached hydrogens (tertiary/aromatic N) is 2. The van der Waals surface area contributed by atoms with Crippen LogP contribution in [0.15, 0.2) is 71.8 Å². The molecule has 0 spiro atoms. The molecule has 0 fully saturated rings. The molecule has 0 aliphatic carbocycles. The third-order valence-corrected chi connectivity index (χ3v) is 6.20. The van der Waals surface area contributed by atoms with Gasteiger partial charge in [0.05, 0.1) is 31.3 Å². The standard InChI is InChI=1S/C25H27N3O5S/c1-4-33-24-15-19(9-14-23(24)29)16-26-27-25(30)20-10-12-22(13-11-20)28(34(3,31)32)17-21-8-6-5-7-18(21)2/h5-16,29H,4,17H2,1-3H3,(H,27,30)/b26-16-. The molecule has 34 heavy (non-hydrogen) atoms. The number of anilines is 1. The number of phenolic OH excluding ortho intramolecular Hbond substituents is 1. The molecule has 0 heterocycles. The molecule has 3 aromatic rings. The number of ether oxygens (including phenoxy) is 1. The van der Waals surface area contributed by atoms with Crippen LogP contribution in [0.1, 0.15) is 34.0 Å². The van der Waals surface area contributed by atoms with Crippen molar-refractivity contribution in [2.75, 3.05) is 17.2 Å². The van der Waals surface area contributed by atoms with Gasteiger partial charge in [-0.2, -0.15) is 5.10 Å². The Morgan fingerprint density at radius 2 is 1.82 bits per heavy atom. The molecule has 3 aromatic carbocycles. The molecule has 0 aromatic heterocycles. The minimum Gasteiger partial charge on any atom is -0.504 e. The number of benzene rings is 3. The van der Waals surface area contributed by atoms with Crippen molar-refractivity contribution in [2.45, 2.75) is 20.4 Å². The van der Waals surface area contributed by atoms with E-state index in [1.165, 1.54) is 16.6 Å². The first-order chi connectivity index (χ1) is 16.2. The highest BCUT2D eigenvalue weighted by molar-refractivity contribution is 7.92. The van der Waals surface area contributed by atoms with Gasteiger partial charge >= 0.3 is 0 Å². The Kier molecular flexibility index (Phi) is 7.91. The molecule has 0 bridgehead atoms. The van der Waals surface area contributed by atoms with Crippen LogP contribution in [-0.2, 0) is 16.6 Å². The molecule has 0 aliphatic heterocycles. The van der Waals surface area contributed by atoms with Gasteiger partial charge < -0.3 is 9.84 Å². The lowest BCUT2D eigenvalue weighted by molar-refractivity contribution is 0.0955. The smallest absolute Gasteiger partial charge is 0.271 e. The number of hydrogen-bond donors (Lipinski definition) is 2. The highest BCUT2D eigenvalue weighted by atomic mass is 32.2. The zero-order valence-electron chi connectivity index (χ0n) is 19.2. The number of sulfonamides is 1. The van der Waals surface area contributed by atoms with Crippen LogP contribution < -0.4 is 14.5 Å². The summed E-state index contributed by atoms with van der Waals surface area (Å²) in [6, 6.07) is 18.6. The Morgan fingerprint density at radius 3 is 2.47 bits per heavy atom. The number of hydrazone groups is 1. The van der Waals surface area contributed by atoms with Crippen molar-refractivity contribution in [3.05, 3.63) is 89.0 Å². The van der Waals surface area contributed by atoms with E-state index in [9.17, 15) is 18.3 Å². The number of nitrogens with one attached hydrogen (secondary N) is 1. The van der Waals surface area contributed by atoms with Gasteiger partial charge in [0, 0.05) is 5.56 Å². The fourth-order valence-corrected chi connectivity index (χ4v) is 4.11. The molecule has 9 heteroatoms. The lowest BCUT2D eigenvalue weighted by atomic mass is 10.1. The lowest BCUT2D eigenvalue weighted by Gasteiger charge is -2.23. The van der Waals surface area contributed by atoms with E-state index in [1.54, 1.807) is 36.4 Å². The molecule has 0 unspecified atom stereocenters. The molecule has 8 nitrogen and oxygen atoms in total. The van der Waals surface area contributed by atoms with Crippen molar-refractivity contribution in [2.24, 2.45) is 5.10 Å². The zero-order chi connectivity index (χ0) is 24.7. The third kappa shape index (κ3) is 6.35. The van der Waals surface area contributed by atoms with Crippen molar-refractivity contribution < 1.29 is 23.1 Å². The summed E-state index contributed by atoms with van der Waals surface area (Å²) in [6.07, 6.45) is 2.59. The number of hydrogen-bond acceptors (Lipinski definition) is 6. The maximum absolute atomic E-state index is 12.5. The summed E-state index contributed by atoms with van der Waals surface area (Å²) in [5.41, 5.74) is 5.74. The molecule has 0 atom stereocenters. The number of aromatic hydroxyl groups is 1. The molecule has 0 saturated heterocycles. The molecule has 2 N–H and O–H groups in total. The van der Waals surface area contributed by atoms with Crippen LogP contribution >= 0.6 is 0 Å².